The molecule has 2 aliphatic heterocycles. The number of rotatable bonds is 13. The number of unbranched alkanes of at least 4 members (excludes halogenated alkanes) is 1. The monoisotopic (exact) mass is 691 g/mol. The molecule has 4 N–H and O–H groups in total. The Hall–Kier alpha value is -4.49. The van der Waals surface area contributed by atoms with E-state index < -0.39 is 24.2 Å². The van der Waals surface area contributed by atoms with E-state index in [1.807, 2.05) is 32.4 Å². The second-order valence-electron chi connectivity index (χ2n) is 14.1. The Morgan fingerprint density at radius 1 is 1.14 bits per heavy atom. The molecule has 1 aliphatic carbocycles. The van der Waals surface area contributed by atoms with Crippen LogP contribution in [-0.4, -0.2) is 104 Å². The first-order valence-corrected chi connectivity index (χ1v) is 17.5. The maximum absolute atomic E-state index is 12.8. The number of aliphatic carboxylic acids is 1. The van der Waals surface area contributed by atoms with Gasteiger partial charge in [-0.3, -0.25) is 0 Å². The molecule has 4 atom stereocenters. The van der Waals surface area contributed by atoms with E-state index in [4.69, 9.17) is 18.9 Å². The van der Waals surface area contributed by atoms with E-state index in [0.29, 0.717) is 31.6 Å². The number of nitrogens with zero attached hydrogens (tertiary/aromatic N) is 2. The minimum absolute atomic E-state index is 0.0983. The second-order valence-corrected chi connectivity index (χ2v) is 14.1. The largest absolute Gasteiger partial charge is 0.493 e. The molecule has 3 heterocycles. The Morgan fingerprint density at radius 3 is 2.76 bits per heavy atom. The molecule has 1 fully saturated rings. The first-order chi connectivity index (χ1) is 24.1. The van der Waals surface area contributed by atoms with Crippen LogP contribution in [0.4, 0.5) is 9.59 Å². The Bertz CT molecular complexity index is 1710. The van der Waals surface area contributed by atoms with Crippen molar-refractivity contribution in [3.63, 3.8) is 0 Å². The summed E-state index contributed by atoms with van der Waals surface area (Å²) in [5.41, 5.74) is 4.26. The van der Waals surface area contributed by atoms with Gasteiger partial charge in [0.05, 0.1) is 7.11 Å². The minimum atomic E-state index is -1.16. The average molecular weight is 692 g/mol. The molecule has 13 heteroatoms. The van der Waals surface area contributed by atoms with Gasteiger partial charge >= 0.3 is 18.2 Å². The summed E-state index contributed by atoms with van der Waals surface area (Å²) in [4.78, 5) is 45.1. The van der Waals surface area contributed by atoms with Gasteiger partial charge in [0.25, 0.3) is 0 Å². The van der Waals surface area contributed by atoms with Crippen LogP contribution in [0.25, 0.3) is 10.9 Å². The standard InChI is InChI=1S/C37H49N5O8/c1-41(2)18-14-23-21-39-26-9-7-10-28(31(23)26)49-36(46)40-27(34(43)44)8-5-6-17-38-35(45)48-25-13-15-37-16-19-42(3)22-24-11-12-29(47-4)33(32(24)37)50-30(37)20-25/h7,9-12,21,25,27,30,39H,5-6,8,13-20,22H2,1-4H3,(H,38,45)(H,40,46)(H,43,44)/t25-,27+,30-,37-/m0/s1. The van der Waals surface area contributed by atoms with E-state index in [-0.39, 0.29) is 24.0 Å². The number of benzene rings is 2. The Kier molecular flexibility index (Phi) is 10.7. The summed E-state index contributed by atoms with van der Waals surface area (Å²) in [5, 5.41) is 15.9. The van der Waals surface area contributed by atoms with Crippen molar-refractivity contribution < 1.29 is 38.4 Å². The van der Waals surface area contributed by atoms with Gasteiger partial charge in [0.2, 0.25) is 0 Å². The summed E-state index contributed by atoms with van der Waals surface area (Å²) in [6, 6.07) is 8.37. The molecule has 2 amide bonds. The van der Waals surface area contributed by atoms with Crippen molar-refractivity contribution in [3.05, 3.63) is 53.2 Å². The first-order valence-electron chi connectivity index (χ1n) is 17.5. The van der Waals surface area contributed by atoms with Crippen LogP contribution in [0.15, 0.2) is 36.5 Å². The summed E-state index contributed by atoms with van der Waals surface area (Å²) < 4.78 is 23.7. The molecule has 50 heavy (non-hydrogen) atoms. The Balaban J connectivity index is 0.951. The summed E-state index contributed by atoms with van der Waals surface area (Å²) in [5.74, 6) is 0.789. The van der Waals surface area contributed by atoms with Crippen LogP contribution in [0, 0.1) is 0 Å². The first kappa shape index (κ1) is 35.3. The zero-order chi connectivity index (χ0) is 35.4. The topological polar surface area (TPSA) is 155 Å². The average Bonchev–Trinajstić information content (AvgIpc) is 3.61. The smallest absolute Gasteiger partial charge is 0.413 e. The number of likely N-dealkylation sites (N-methyl/N-ethyl adjacent to an activating group) is 1. The molecule has 270 valence electrons. The van der Waals surface area contributed by atoms with Crippen LogP contribution in [0.3, 0.4) is 0 Å². The van der Waals surface area contributed by atoms with Crippen LogP contribution in [0.2, 0.25) is 0 Å². The van der Waals surface area contributed by atoms with Crippen LogP contribution >= 0.6 is 0 Å². The molecule has 1 aromatic heterocycles. The number of carboxylic acids is 1. The number of carbonyl (C=O) groups is 3. The summed E-state index contributed by atoms with van der Waals surface area (Å²) in [7, 11) is 7.79. The van der Waals surface area contributed by atoms with Gasteiger partial charge in [-0.15, -0.1) is 0 Å². The molecule has 2 aromatic carbocycles. The number of carboxylic acid groups (broad SMARTS) is 1. The van der Waals surface area contributed by atoms with Crippen molar-refractivity contribution in [2.75, 3.05) is 47.9 Å². The molecule has 0 radical (unpaired) electrons. The Morgan fingerprint density at radius 2 is 1.98 bits per heavy atom. The number of H-pyrrole nitrogens is 1. The van der Waals surface area contributed by atoms with Crippen molar-refractivity contribution in [1.29, 1.82) is 0 Å². The van der Waals surface area contributed by atoms with Gasteiger partial charge in [0, 0.05) is 54.1 Å². The van der Waals surface area contributed by atoms with E-state index in [9.17, 15) is 19.5 Å². The number of alkyl carbamates (subject to hydrolysis) is 1. The molecule has 6 rings (SSSR count). The highest BCUT2D eigenvalue weighted by atomic mass is 16.6. The van der Waals surface area contributed by atoms with Crippen LogP contribution in [-0.2, 0) is 27.9 Å². The zero-order valence-corrected chi connectivity index (χ0v) is 29.4. The highest BCUT2D eigenvalue weighted by Crippen LogP contribution is 2.57. The second kappa shape index (κ2) is 15.2. The molecule has 3 aromatic rings. The van der Waals surface area contributed by atoms with E-state index in [2.05, 4.69) is 38.5 Å². The van der Waals surface area contributed by atoms with Crippen molar-refractivity contribution in [2.45, 2.75) is 81.6 Å². The maximum Gasteiger partial charge on any atom is 0.413 e. The van der Waals surface area contributed by atoms with Gasteiger partial charge < -0.3 is 49.5 Å². The van der Waals surface area contributed by atoms with Crippen LogP contribution in [0.1, 0.15) is 61.6 Å². The highest BCUT2D eigenvalue weighted by molar-refractivity contribution is 5.91. The molecule has 0 unspecified atom stereocenters. The maximum atomic E-state index is 12.8. The van der Waals surface area contributed by atoms with E-state index in [0.717, 1.165) is 73.3 Å². The molecule has 0 saturated heterocycles. The SMILES string of the molecule is COc1ccc2c3c1O[C@H]1C[C@@H](OC(=O)NCCCC[C@@H](NC(=O)Oc4cccc5[nH]cc(CCN(C)C)c45)C(=O)O)CC[C@@]31CCN(C)C2. The molecular formula is C37H49N5O8. The van der Waals surface area contributed by atoms with Gasteiger partial charge in [0.1, 0.15) is 24.0 Å². The third-order valence-electron chi connectivity index (χ3n) is 10.4. The number of fused-ring (bicyclic) bond motifs is 1. The molecule has 13 nitrogen and oxygen atoms in total. The molecule has 1 spiro atoms. The lowest BCUT2D eigenvalue weighted by Crippen LogP contribution is -2.47. The number of methoxy groups -OCH3 is 1. The van der Waals surface area contributed by atoms with E-state index in [1.165, 1.54) is 11.1 Å². The zero-order valence-electron chi connectivity index (χ0n) is 29.4. The lowest BCUT2D eigenvalue weighted by Gasteiger charge is -2.41. The molecule has 0 bridgehead atoms. The molecule has 1 saturated carbocycles. The fraction of sp³-hybridized carbons (Fsp3) is 0.541. The number of carbonyl (C=O) groups excluding carboxylic acids is 2. The number of hydrogen-bond donors (Lipinski definition) is 4. The number of ether oxygens (including phenoxy) is 4. The van der Waals surface area contributed by atoms with Crippen molar-refractivity contribution >= 4 is 29.1 Å². The highest BCUT2D eigenvalue weighted by Gasteiger charge is 2.55. The predicted molar refractivity (Wildman–Crippen MR) is 187 cm³/mol. The van der Waals surface area contributed by atoms with Crippen LogP contribution in [0.5, 0.6) is 17.2 Å². The van der Waals surface area contributed by atoms with Crippen molar-refractivity contribution in [2.24, 2.45) is 0 Å². The molecular weight excluding hydrogens is 642 g/mol. The lowest BCUT2D eigenvalue weighted by molar-refractivity contribution is -0.139. The third-order valence-corrected chi connectivity index (χ3v) is 10.4. The Labute approximate surface area is 292 Å². The normalized spacial score (nSPS) is 21.8. The summed E-state index contributed by atoms with van der Waals surface area (Å²) >= 11 is 0. The third kappa shape index (κ3) is 7.48. The van der Waals surface area contributed by atoms with Crippen molar-refractivity contribution in [1.82, 2.24) is 25.4 Å². The van der Waals surface area contributed by atoms with E-state index >= 15 is 0 Å². The van der Waals surface area contributed by atoms with Gasteiger partial charge in [0.15, 0.2) is 11.5 Å². The summed E-state index contributed by atoms with van der Waals surface area (Å²) in [6.07, 6.45) is 5.28. The number of amides is 2. The van der Waals surface area contributed by atoms with Gasteiger partial charge in [-0.05, 0) is 102 Å². The number of hydrogen-bond acceptors (Lipinski definition) is 9. The lowest BCUT2D eigenvalue weighted by atomic mass is 9.65. The van der Waals surface area contributed by atoms with Crippen LogP contribution < -0.4 is 24.8 Å². The van der Waals surface area contributed by atoms with Gasteiger partial charge in [-0.2, -0.15) is 0 Å². The van der Waals surface area contributed by atoms with Gasteiger partial charge in [-0.25, -0.2) is 14.4 Å². The van der Waals surface area contributed by atoms with E-state index in [1.54, 1.807) is 19.2 Å². The number of nitrogens with one attached hydrogen (secondary N) is 3. The minimum Gasteiger partial charge on any atom is -0.493 e. The van der Waals surface area contributed by atoms with Crippen molar-refractivity contribution in [3.8, 4) is 17.2 Å². The fourth-order valence-corrected chi connectivity index (χ4v) is 7.82. The van der Waals surface area contributed by atoms with Gasteiger partial charge in [-0.1, -0.05) is 12.1 Å². The number of aromatic nitrogens is 1. The molecule has 3 aliphatic rings. The number of aromatic amines is 1. The predicted octanol–water partition coefficient (Wildman–Crippen LogP) is 4.81. The quantitative estimate of drug-likeness (QED) is 0.184. The fourth-order valence-electron chi connectivity index (χ4n) is 7.82. The summed E-state index contributed by atoms with van der Waals surface area (Å²) in [6.45, 7) is 2.96.